The van der Waals surface area contributed by atoms with Gasteiger partial charge in [0, 0.05) is 43.9 Å². The van der Waals surface area contributed by atoms with E-state index in [2.05, 4.69) is 10.2 Å². The Bertz CT molecular complexity index is 563. The van der Waals surface area contributed by atoms with E-state index >= 15 is 0 Å². The minimum atomic E-state index is -1.02. The van der Waals surface area contributed by atoms with Gasteiger partial charge in [-0.2, -0.15) is 5.10 Å². The van der Waals surface area contributed by atoms with E-state index in [4.69, 9.17) is 5.11 Å². The summed E-state index contributed by atoms with van der Waals surface area (Å²) >= 11 is 0. The number of H-pyrrole nitrogens is 1. The second-order valence-electron chi connectivity index (χ2n) is 5.76. The number of aromatic amines is 1. The number of hydrogen-bond donors (Lipinski definition) is 2. The van der Waals surface area contributed by atoms with Crippen LogP contribution in [0.4, 0.5) is 0 Å². The number of nitrogens with zero attached hydrogens (tertiary/aromatic N) is 3. The molecule has 0 aliphatic carbocycles. The number of rotatable bonds is 3. The van der Waals surface area contributed by atoms with Crippen LogP contribution in [0.25, 0.3) is 0 Å². The largest absolute Gasteiger partial charge is 0.476 e. The van der Waals surface area contributed by atoms with Crippen molar-refractivity contribution < 1.29 is 14.7 Å². The highest BCUT2D eigenvalue weighted by molar-refractivity contribution is 5.87. The van der Waals surface area contributed by atoms with Crippen molar-refractivity contribution in [2.45, 2.75) is 38.8 Å². The number of carboxylic acids is 1. The Labute approximate surface area is 122 Å². The van der Waals surface area contributed by atoms with Gasteiger partial charge in [-0.15, -0.1) is 0 Å². The van der Waals surface area contributed by atoms with Gasteiger partial charge in [0.15, 0.2) is 5.69 Å². The van der Waals surface area contributed by atoms with Crippen LogP contribution >= 0.6 is 0 Å². The van der Waals surface area contributed by atoms with Gasteiger partial charge in [0.25, 0.3) is 0 Å². The molecular weight excluding hydrogens is 272 g/mol. The van der Waals surface area contributed by atoms with Gasteiger partial charge in [-0.05, 0) is 19.8 Å². The fourth-order valence-electron chi connectivity index (χ4n) is 3.18. The highest BCUT2D eigenvalue weighted by Crippen LogP contribution is 2.23. The summed E-state index contributed by atoms with van der Waals surface area (Å²) in [5.74, 6) is -0.871. The fraction of sp³-hybridized carbons (Fsp3) is 0.643. The molecule has 1 atom stereocenters. The lowest BCUT2D eigenvalue weighted by Gasteiger charge is -2.33. The first-order valence-electron chi connectivity index (χ1n) is 7.40. The van der Waals surface area contributed by atoms with E-state index < -0.39 is 5.97 Å². The number of carbonyl (C=O) groups excluding carboxylic acids is 1. The van der Waals surface area contributed by atoms with Gasteiger partial charge in [0.2, 0.25) is 5.91 Å². The summed E-state index contributed by atoms with van der Waals surface area (Å²) in [6.07, 6.45) is 2.86. The first kappa shape index (κ1) is 14.1. The molecule has 1 aromatic rings. The minimum absolute atomic E-state index is 0.0792. The second-order valence-corrected chi connectivity index (χ2v) is 5.76. The molecule has 0 bridgehead atoms. The predicted octanol–water partition coefficient (Wildman–Crippen LogP) is 0.477. The third-order valence-electron chi connectivity index (χ3n) is 4.49. The molecule has 3 heterocycles. The summed E-state index contributed by atoms with van der Waals surface area (Å²) in [7, 11) is 0. The van der Waals surface area contributed by atoms with Crippen LogP contribution in [-0.2, 0) is 17.8 Å². The summed E-state index contributed by atoms with van der Waals surface area (Å²) in [5, 5.41) is 15.8. The zero-order chi connectivity index (χ0) is 15.0. The van der Waals surface area contributed by atoms with Crippen LogP contribution in [0.5, 0.6) is 0 Å². The Morgan fingerprint density at radius 1 is 1.29 bits per heavy atom. The number of amides is 1. The van der Waals surface area contributed by atoms with Gasteiger partial charge in [-0.1, -0.05) is 0 Å². The Morgan fingerprint density at radius 2 is 2.00 bits per heavy atom. The molecule has 3 rings (SSSR count). The normalized spacial score (nSPS) is 20.3. The molecule has 1 amide bonds. The Hall–Kier alpha value is -1.89. The summed E-state index contributed by atoms with van der Waals surface area (Å²) in [6.45, 7) is 4.80. The van der Waals surface area contributed by atoms with Crippen LogP contribution < -0.4 is 0 Å². The van der Waals surface area contributed by atoms with Crippen LogP contribution in [0.3, 0.4) is 0 Å². The van der Waals surface area contributed by atoms with Crippen LogP contribution in [-0.4, -0.2) is 62.7 Å². The lowest BCUT2D eigenvalue weighted by Crippen LogP contribution is -2.48. The van der Waals surface area contributed by atoms with E-state index in [1.165, 1.54) is 0 Å². The van der Waals surface area contributed by atoms with Crippen LogP contribution in [0.2, 0.25) is 0 Å². The van der Waals surface area contributed by atoms with Crippen LogP contribution in [0.15, 0.2) is 0 Å². The van der Waals surface area contributed by atoms with E-state index in [1.807, 2.05) is 16.7 Å². The van der Waals surface area contributed by atoms with Gasteiger partial charge in [0.05, 0.1) is 6.04 Å². The second kappa shape index (κ2) is 5.48. The van der Waals surface area contributed by atoms with Crippen molar-refractivity contribution >= 4 is 11.9 Å². The molecule has 21 heavy (non-hydrogen) atoms. The topological polar surface area (TPSA) is 89.5 Å². The fourth-order valence-corrected chi connectivity index (χ4v) is 3.18. The number of aromatic nitrogens is 2. The number of carboxylic acid groups (broad SMARTS) is 1. The standard InChI is InChI=1S/C14H20N4O3/c1-9(13(19)17-5-2-3-6-17)18-7-4-11-10(8-18)12(14(20)21)16-15-11/h9H,2-8H2,1H3,(H,15,16)(H,20,21)/t9-/m0/s1. The maximum Gasteiger partial charge on any atom is 0.356 e. The molecule has 114 valence electrons. The summed E-state index contributed by atoms with van der Waals surface area (Å²) in [5.41, 5.74) is 1.68. The molecule has 2 N–H and O–H groups in total. The van der Waals surface area contributed by atoms with E-state index in [1.54, 1.807) is 0 Å². The molecule has 1 fully saturated rings. The van der Waals surface area contributed by atoms with Gasteiger partial charge in [0.1, 0.15) is 0 Å². The first-order valence-corrected chi connectivity index (χ1v) is 7.40. The molecule has 0 aromatic carbocycles. The zero-order valence-electron chi connectivity index (χ0n) is 12.1. The van der Waals surface area contributed by atoms with E-state index in [-0.39, 0.29) is 17.6 Å². The monoisotopic (exact) mass is 292 g/mol. The van der Waals surface area contributed by atoms with E-state index in [9.17, 15) is 9.59 Å². The average Bonchev–Trinajstić information content (AvgIpc) is 3.13. The molecule has 0 radical (unpaired) electrons. The van der Waals surface area contributed by atoms with Gasteiger partial charge in [-0.25, -0.2) is 4.79 Å². The number of aromatic carboxylic acids is 1. The van der Waals surface area contributed by atoms with Gasteiger partial charge in [-0.3, -0.25) is 14.8 Å². The average molecular weight is 292 g/mol. The van der Waals surface area contributed by atoms with Crippen molar-refractivity contribution in [2.75, 3.05) is 19.6 Å². The maximum atomic E-state index is 12.5. The van der Waals surface area contributed by atoms with Crippen LogP contribution in [0.1, 0.15) is 41.5 Å². The number of hydrogen-bond acceptors (Lipinski definition) is 4. The molecule has 7 nitrogen and oxygen atoms in total. The number of carbonyl (C=O) groups is 2. The van der Waals surface area contributed by atoms with Crippen LogP contribution in [0, 0.1) is 0 Å². The number of fused-ring (bicyclic) bond motifs is 1. The minimum Gasteiger partial charge on any atom is -0.476 e. The molecule has 0 saturated carbocycles. The SMILES string of the molecule is C[C@@H](C(=O)N1CCCC1)N1CCc2[nH]nc(C(=O)O)c2C1. The van der Waals surface area contributed by atoms with Crippen molar-refractivity contribution in [3.05, 3.63) is 17.0 Å². The number of likely N-dealkylation sites (tertiary alicyclic amines) is 1. The third kappa shape index (κ3) is 2.53. The summed E-state index contributed by atoms with van der Waals surface area (Å²) in [6, 6.07) is -0.215. The molecule has 0 unspecified atom stereocenters. The van der Waals surface area contributed by atoms with Crippen molar-refractivity contribution in [3.8, 4) is 0 Å². The highest BCUT2D eigenvalue weighted by Gasteiger charge is 2.32. The van der Waals surface area contributed by atoms with Crippen molar-refractivity contribution in [1.29, 1.82) is 0 Å². The van der Waals surface area contributed by atoms with E-state index in [0.29, 0.717) is 13.0 Å². The lowest BCUT2D eigenvalue weighted by molar-refractivity contribution is -0.135. The third-order valence-corrected chi connectivity index (χ3v) is 4.49. The Kier molecular flexibility index (Phi) is 3.67. The number of nitrogens with one attached hydrogen (secondary N) is 1. The smallest absolute Gasteiger partial charge is 0.356 e. The lowest BCUT2D eigenvalue weighted by atomic mass is 10.0. The van der Waals surface area contributed by atoms with Crippen molar-refractivity contribution in [3.63, 3.8) is 0 Å². The van der Waals surface area contributed by atoms with Crippen molar-refractivity contribution in [1.82, 2.24) is 20.0 Å². The maximum absolute atomic E-state index is 12.5. The summed E-state index contributed by atoms with van der Waals surface area (Å²) in [4.78, 5) is 27.6. The highest BCUT2D eigenvalue weighted by atomic mass is 16.4. The molecule has 2 aliphatic rings. The van der Waals surface area contributed by atoms with Crippen molar-refractivity contribution in [2.24, 2.45) is 0 Å². The predicted molar refractivity (Wildman–Crippen MR) is 74.9 cm³/mol. The van der Waals surface area contributed by atoms with Gasteiger partial charge >= 0.3 is 5.97 Å². The molecule has 0 spiro atoms. The molecule has 1 aromatic heterocycles. The molecule has 7 heteroatoms. The summed E-state index contributed by atoms with van der Waals surface area (Å²) < 4.78 is 0. The molecular formula is C14H20N4O3. The first-order chi connectivity index (χ1) is 10.1. The molecule has 1 saturated heterocycles. The molecule has 2 aliphatic heterocycles. The quantitative estimate of drug-likeness (QED) is 0.845. The van der Waals surface area contributed by atoms with E-state index in [0.717, 1.165) is 43.7 Å². The van der Waals surface area contributed by atoms with Gasteiger partial charge < -0.3 is 10.0 Å². The Balaban J connectivity index is 1.74. The Morgan fingerprint density at radius 3 is 2.67 bits per heavy atom. The zero-order valence-corrected chi connectivity index (χ0v) is 12.1.